The Balaban J connectivity index is 1.41. The molecule has 0 aliphatic heterocycles. The van der Waals surface area contributed by atoms with Gasteiger partial charge in [-0.05, 0) is 54.1 Å². The number of carbonyl (C=O) groups is 1. The molecule has 0 radical (unpaired) electrons. The van der Waals surface area contributed by atoms with E-state index in [0.717, 1.165) is 0 Å². The van der Waals surface area contributed by atoms with Crippen LogP contribution in [0.3, 0.4) is 0 Å². The van der Waals surface area contributed by atoms with Crippen LogP contribution >= 0.6 is 11.6 Å². The summed E-state index contributed by atoms with van der Waals surface area (Å²) in [4.78, 5) is 33.6. The van der Waals surface area contributed by atoms with Crippen molar-refractivity contribution in [2.75, 3.05) is 0 Å². The summed E-state index contributed by atoms with van der Waals surface area (Å²) in [5, 5.41) is 22.1. The first kappa shape index (κ1) is 25.1. The molecule has 0 N–H and O–H groups in total. The molecule has 0 aliphatic carbocycles. The number of non-ortho nitro benzene ring substituents is 1. The van der Waals surface area contributed by atoms with Gasteiger partial charge in [0, 0.05) is 18.2 Å². The zero-order chi connectivity index (χ0) is 26.4. The number of benzene rings is 4. The molecule has 0 heterocycles. The van der Waals surface area contributed by atoms with Gasteiger partial charge in [-0.2, -0.15) is 0 Å². The summed E-state index contributed by atoms with van der Waals surface area (Å²) in [6.07, 6.45) is 0. The molecular formula is C26H17ClN2O8. The lowest BCUT2D eigenvalue weighted by molar-refractivity contribution is -0.385. The SMILES string of the molecule is O=C(OCc1cccc(Oc2ccc([N+](=O)[O-])cc2)c1)c1cccc(Oc2c(Cl)cccc2[N+](=O)[O-])c1. The van der Waals surface area contributed by atoms with Gasteiger partial charge in [0.15, 0.2) is 0 Å². The lowest BCUT2D eigenvalue weighted by Gasteiger charge is -2.10. The van der Waals surface area contributed by atoms with Crippen LogP contribution < -0.4 is 9.47 Å². The van der Waals surface area contributed by atoms with Crippen LogP contribution in [-0.2, 0) is 11.3 Å². The number of hydrogen-bond acceptors (Lipinski definition) is 8. The molecule has 0 bridgehead atoms. The van der Waals surface area contributed by atoms with Crippen molar-refractivity contribution in [1.82, 2.24) is 0 Å². The second kappa shape index (κ2) is 11.2. The van der Waals surface area contributed by atoms with E-state index in [2.05, 4.69) is 0 Å². The van der Waals surface area contributed by atoms with Crippen molar-refractivity contribution in [2.24, 2.45) is 0 Å². The van der Waals surface area contributed by atoms with Crippen LogP contribution in [0.4, 0.5) is 11.4 Å². The molecule has 4 rings (SSSR count). The molecule has 0 spiro atoms. The number of halogens is 1. The zero-order valence-corrected chi connectivity index (χ0v) is 19.7. The predicted octanol–water partition coefficient (Wildman–Crippen LogP) is 7.10. The Morgan fingerprint density at radius 1 is 0.757 bits per heavy atom. The lowest BCUT2D eigenvalue weighted by atomic mass is 10.2. The van der Waals surface area contributed by atoms with Gasteiger partial charge in [0.25, 0.3) is 5.69 Å². The van der Waals surface area contributed by atoms with Crippen molar-refractivity contribution in [1.29, 1.82) is 0 Å². The van der Waals surface area contributed by atoms with E-state index in [1.165, 1.54) is 60.7 Å². The Hall–Kier alpha value is -4.96. The Labute approximate surface area is 214 Å². The van der Waals surface area contributed by atoms with E-state index >= 15 is 0 Å². The maximum Gasteiger partial charge on any atom is 0.338 e. The van der Waals surface area contributed by atoms with Crippen molar-refractivity contribution >= 4 is 28.9 Å². The van der Waals surface area contributed by atoms with Crippen LogP contribution in [0.25, 0.3) is 0 Å². The number of carbonyl (C=O) groups excluding carboxylic acids is 1. The number of nitro benzene ring substituents is 2. The molecule has 4 aromatic carbocycles. The van der Waals surface area contributed by atoms with Gasteiger partial charge >= 0.3 is 11.7 Å². The van der Waals surface area contributed by atoms with Gasteiger partial charge in [-0.1, -0.05) is 35.9 Å². The fraction of sp³-hybridized carbons (Fsp3) is 0.0385. The number of esters is 1. The molecule has 0 amide bonds. The number of nitro groups is 2. The number of nitrogens with zero attached hydrogens (tertiary/aromatic N) is 2. The van der Waals surface area contributed by atoms with E-state index < -0.39 is 15.8 Å². The van der Waals surface area contributed by atoms with Gasteiger partial charge in [-0.3, -0.25) is 20.2 Å². The normalized spacial score (nSPS) is 10.4. The quantitative estimate of drug-likeness (QED) is 0.130. The summed E-state index contributed by atoms with van der Waals surface area (Å²) >= 11 is 6.07. The molecule has 0 saturated carbocycles. The summed E-state index contributed by atoms with van der Waals surface area (Å²) in [7, 11) is 0. The van der Waals surface area contributed by atoms with Crippen molar-refractivity contribution in [3.63, 3.8) is 0 Å². The highest BCUT2D eigenvalue weighted by Crippen LogP contribution is 2.38. The third kappa shape index (κ3) is 6.38. The molecule has 0 saturated heterocycles. The Bertz CT molecular complexity index is 1470. The van der Waals surface area contributed by atoms with Gasteiger partial charge in [0.05, 0.1) is 20.4 Å². The summed E-state index contributed by atoms with van der Waals surface area (Å²) in [5.74, 6) is 0.268. The molecule has 0 fully saturated rings. The van der Waals surface area contributed by atoms with Crippen molar-refractivity contribution in [3.05, 3.63) is 127 Å². The van der Waals surface area contributed by atoms with E-state index in [4.69, 9.17) is 25.8 Å². The number of hydrogen-bond donors (Lipinski definition) is 0. The highest BCUT2D eigenvalue weighted by Gasteiger charge is 2.19. The Morgan fingerprint density at radius 3 is 2.14 bits per heavy atom. The highest BCUT2D eigenvalue weighted by atomic mass is 35.5. The molecule has 0 aliphatic rings. The maximum absolute atomic E-state index is 12.6. The first-order valence-corrected chi connectivity index (χ1v) is 11.1. The second-order valence-corrected chi connectivity index (χ2v) is 7.96. The van der Waals surface area contributed by atoms with Crippen LogP contribution in [0.15, 0.2) is 91.0 Å². The minimum Gasteiger partial charge on any atom is -0.457 e. The minimum absolute atomic E-state index is 0.0485. The van der Waals surface area contributed by atoms with Crippen molar-refractivity contribution in [3.8, 4) is 23.0 Å². The molecule has 0 unspecified atom stereocenters. The third-order valence-corrected chi connectivity index (χ3v) is 5.28. The fourth-order valence-electron chi connectivity index (χ4n) is 3.25. The third-order valence-electron chi connectivity index (χ3n) is 4.98. The minimum atomic E-state index is -0.638. The first-order valence-electron chi connectivity index (χ1n) is 10.7. The number of ether oxygens (including phenoxy) is 3. The molecule has 11 heteroatoms. The summed E-state index contributed by atoms with van der Waals surface area (Å²) in [6.45, 7) is -0.0582. The highest BCUT2D eigenvalue weighted by molar-refractivity contribution is 6.32. The molecule has 0 atom stereocenters. The molecule has 10 nitrogen and oxygen atoms in total. The molecule has 4 aromatic rings. The van der Waals surface area contributed by atoms with Gasteiger partial charge in [0.2, 0.25) is 5.75 Å². The van der Waals surface area contributed by atoms with Crippen LogP contribution in [-0.4, -0.2) is 15.8 Å². The predicted molar refractivity (Wildman–Crippen MR) is 133 cm³/mol. The first-order chi connectivity index (χ1) is 17.8. The van der Waals surface area contributed by atoms with E-state index in [-0.39, 0.29) is 40.1 Å². The van der Waals surface area contributed by atoms with Gasteiger partial charge < -0.3 is 14.2 Å². The average Bonchev–Trinajstić information content (AvgIpc) is 2.89. The van der Waals surface area contributed by atoms with E-state index in [1.54, 1.807) is 30.3 Å². The summed E-state index contributed by atoms with van der Waals surface area (Å²) in [5.41, 5.74) is 0.459. The van der Waals surface area contributed by atoms with Crippen molar-refractivity contribution < 1.29 is 28.9 Å². The van der Waals surface area contributed by atoms with Crippen LogP contribution in [0.2, 0.25) is 5.02 Å². The van der Waals surface area contributed by atoms with E-state index in [9.17, 15) is 25.0 Å². The average molecular weight is 521 g/mol. The molecule has 186 valence electrons. The summed E-state index contributed by atoms with van der Waals surface area (Å²) in [6, 6.07) is 22.6. The second-order valence-electron chi connectivity index (χ2n) is 7.55. The number of rotatable bonds is 9. The molecule has 0 aromatic heterocycles. The van der Waals surface area contributed by atoms with Crippen LogP contribution in [0.5, 0.6) is 23.0 Å². The molecular weight excluding hydrogens is 504 g/mol. The van der Waals surface area contributed by atoms with Crippen LogP contribution in [0, 0.1) is 20.2 Å². The summed E-state index contributed by atoms with van der Waals surface area (Å²) < 4.78 is 16.7. The monoisotopic (exact) mass is 520 g/mol. The fourth-order valence-corrected chi connectivity index (χ4v) is 3.46. The van der Waals surface area contributed by atoms with Gasteiger partial charge in [-0.15, -0.1) is 0 Å². The Kier molecular flexibility index (Phi) is 7.60. The van der Waals surface area contributed by atoms with Crippen LogP contribution in [0.1, 0.15) is 15.9 Å². The van der Waals surface area contributed by atoms with Gasteiger partial charge in [-0.25, -0.2) is 4.79 Å². The van der Waals surface area contributed by atoms with Gasteiger partial charge in [0.1, 0.15) is 23.9 Å². The largest absolute Gasteiger partial charge is 0.457 e. The van der Waals surface area contributed by atoms with E-state index in [1.807, 2.05) is 0 Å². The topological polar surface area (TPSA) is 131 Å². The lowest BCUT2D eigenvalue weighted by Crippen LogP contribution is -2.05. The zero-order valence-electron chi connectivity index (χ0n) is 18.9. The number of para-hydroxylation sites is 1. The van der Waals surface area contributed by atoms with Crippen molar-refractivity contribution in [2.45, 2.75) is 6.61 Å². The van der Waals surface area contributed by atoms with E-state index in [0.29, 0.717) is 17.1 Å². The molecule has 37 heavy (non-hydrogen) atoms. The standard InChI is InChI=1S/C26H17ClN2O8/c27-23-8-3-9-24(29(33)34)25(23)37-22-7-2-5-18(15-22)26(30)35-16-17-4-1-6-21(14-17)36-20-12-10-19(11-13-20)28(31)32/h1-15H,16H2. The maximum atomic E-state index is 12.6. The Morgan fingerprint density at radius 2 is 1.43 bits per heavy atom. The smallest absolute Gasteiger partial charge is 0.338 e.